The SMILES string of the molecule is O=C(OC(CS(=O)(=O)[O-])(C(F)(F)F)C(F)(F)F)C1C2CC3CC(C2)CC1C3. The molecule has 156 valence electrons. The van der Waals surface area contributed by atoms with Crippen molar-refractivity contribution in [2.45, 2.75) is 50.1 Å². The third-order valence-corrected chi connectivity index (χ3v) is 6.83. The van der Waals surface area contributed by atoms with Crippen LogP contribution in [0.2, 0.25) is 0 Å². The van der Waals surface area contributed by atoms with Crippen molar-refractivity contribution in [3.05, 3.63) is 0 Å². The van der Waals surface area contributed by atoms with E-state index in [-0.39, 0.29) is 11.8 Å². The topological polar surface area (TPSA) is 83.5 Å². The predicted molar refractivity (Wildman–Crippen MR) is 76.0 cm³/mol. The van der Waals surface area contributed by atoms with E-state index in [1.165, 1.54) is 0 Å². The van der Waals surface area contributed by atoms with Crippen molar-refractivity contribution >= 4 is 16.1 Å². The monoisotopic (exact) mass is 423 g/mol. The van der Waals surface area contributed by atoms with E-state index in [0.29, 0.717) is 37.5 Å². The fourth-order valence-electron chi connectivity index (χ4n) is 5.27. The lowest BCUT2D eigenvalue weighted by Gasteiger charge is -2.53. The number of ether oxygens (including phenoxy) is 1. The van der Waals surface area contributed by atoms with Gasteiger partial charge in [0.15, 0.2) is 0 Å². The third-order valence-electron chi connectivity index (χ3n) is 6.07. The van der Waals surface area contributed by atoms with Crippen LogP contribution in [0.4, 0.5) is 26.3 Å². The second kappa shape index (κ2) is 6.23. The zero-order valence-electron chi connectivity index (χ0n) is 13.8. The Morgan fingerprint density at radius 3 is 1.63 bits per heavy atom. The molecule has 0 spiro atoms. The van der Waals surface area contributed by atoms with Gasteiger partial charge in [0.25, 0.3) is 0 Å². The van der Waals surface area contributed by atoms with Crippen molar-refractivity contribution in [3.8, 4) is 0 Å². The molecule has 4 bridgehead atoms. The average molecular weight is 423 g/mol. The summed E-state index contributed by atoms with van der Waals surface area (Å²) in [5.74, 6) is -5.96. The summed E-state index contributed by atoms with van der Waals surface area (Å²) in [5, 5.41) is 0. The second-order valence-corrected chi connectivity index (χ2v) is 9.31. The van der Waals surface area contributed by atoms with Gasteiger partial charge >= 0.3 is 23.9 Å². The highest BCUT2D eigenvalue weighted by Crippen LogP contribution is 2.57. The number of hydrogen-bond donors (Lipinski definition) is 0. The average Bonchev–Trinajstić information content (AvgIpc) is 2.41. The van der Waals surface area contributed by atoms with Crippen LogP contribution in [0.25, 0.3) is 0 Å². The molecular weight excluding hydrogens is 406 g/mol. The molecule has 0 heterocycles. The summed E-state index contributed by atoms with van der Waals surface area (Å²) in [5.41, 5.74) is -5.37. The number of hydrogen-bond acceptors (Lipinski definition) is 5. The molecule has 0 N–H and O–H groups in total. The van der Waals surface area contributed by atoms with Crippen molar-refractivity contribution < 1.29 is 48.8 Å². The largest absolute Gasteiger partial charge is 0.748 e. The second-order valence-electron chi connectivity index (χ2n) is 7.90. The molecule has 4 rings (SSSR count). The molecule has 0 aromatic heterocycles. The van der Waals surface area contributed by atoms with Crippen molar-refractivity contribution in [3.63, 3.8) is 0 Å². The van der Waals surface area contributed by atoms with Gasteiger partial charge in [0.1, 0.15) is 0 Å². The van der Waals surface area contributed by atoms with Crippen molar-refractivity contribution in [1.29, 1.82) is 0 Å². The van der Waals surface area contributed by atoms with Crippen LogP contribution in [0, 0.1) is 29.6 Å². The number of carbonyl (C=O) groups is 1. The molecule has 0 radical (unpaired) electrons. The lowest BCUT2D eigenvalue weighted by molar-refractivity contribution is -0.363. The molecule has 0 saturated heterocycles. The summed E-state index contributed by atoms with van der Waals surface area (Å²) in [6.07, 6.45) is -9.59. The Bertz CT molecular complexity index is 671. The Balaban J connectivity index is 1.93. The van der Waals surface area contributed by atoms with Crippen LogP contribution in [0.5, 0.6) is 0 Å². The molecule has 0 amide bonds. The Hall–Kier alpha value is -1.04. The summed E-state index contributed by atoms with van der Waals surface area (Å²) in [6, 6.07) is 0. The lowest BCUT2D eigenvalue weighted by atomic mass is 9.52. The first-order chi connectivity index (χ1) is 12.1. The highest BCUT2D eigenvalue weighted by atomic mass is 32.2. The van der Waals surface area contributed by atoms with Crippen molar-refractivity contribution in [2.24, 2.45) is 29.6 Å². The zero-order chi connectivity index (χ0) is 20.4. The summed E-state index contributed by atoms with van der Waals surface area (Å²) < 4.78 is 116. The first kappa shape index (κ1) is 20.7. The molecular formula is C15H17F6O5S-. The van der Waals surface area contributed by atoms with Gasteiger partial charge in [0.05, 0.1) is 21.8 Å². The van der Waals surface area contributed by atoms with Crippen LogP contribution in [0.15, 0.2) is 0 Å². The highest BCUT2D eigenvalue weighted by Gasteiger charge is 2.75. The molecule has 5 nitrogen and oxygen atoms in total. The smallest absolute Gasteiger partial charge is 0.438 e. The van der Waals surface area contributed by atoms with E-state index in [1.807, 2.05) is 0 Å². The van der Waals surface area contributed by atoms with Crippen LogP contribution in [0.3, 0.4) is 0 Å². The number of carbonyl (C=O) groups excluding carboxylic acids is 1. The van der Waals surface area contributed by atoms with E-state index >= 15 is 0 Å². The fourth-order valence-corrected chi connectivity index (χ4v) is 6.15. The Labute approximate surface area is 151 Å². The zero-order valence-corrected chi connectivity index (χ0v) is 14.7. The molecule has 27 heavy (non-hydrogen) atoms. The first-order valence-corrected chi connectivity index (χ1v) is 10.0. The molecule has 0 aromatic rings. The quantitative estimate of drug-likeness (QED) is 0.394. The molecule has 4 fully saturated rings. The van der Waals surface area contributed by atoms with E-state index in [0.717, 1.165) is 6.42 Å². The van der Waals surface area contributed by atoms with Gasteiger partial charge in [-0.05, 0) is 55.8 Å². The van der Waals surface area contributed by atoms with E-state index in [9.17, 15) is 44.1 Å². The predicted octanol–water partition coefficient (Wildman–Crippen LogP) is 3.01. The van der Waals surface area contributed by atoms with Crippen LogP contribution >= 0.6 is 0 Å². The summed E-state index contributed by atoms with van der Waals surface area (Å²) >= 11 is 0. The third kappa shape index (κ3) is 3.66. The Morgan fingerprint density at radius 1 is 0.889 bits per heavy atom. The van der Waals surface area contributed by atoms with Gasteiger partial charge in [-0.25, -0.2) is 8.42 Å². The van der Waals surface area contributed by atoms with E-state index in [2.05, 4.69) is 4.74 Å². The van der Waals surface area contributed by atoms with Crippen LogP contribution in [-0.2, 0) is 19.6 Å². The number of esters is 1. The van der Waals surface area contributed by atoms with Crippen molar-refractivity contribution in [1.82, 2.24) is 0 Å². The normalized spacial score (nSPS) is 34.0. The van der Waals surface area contributed by atoms with Crippen molar-refractivity contribution in [2.75, 3.05) is 5.75 Å². The van der Waals surface area contributed by atoms with E-state index in [1.54, 1.807) is 0 Å². The minimum absolute atomic E-state index is 0.300. The van der Waals surface area contributed by atoms with E-state index in [4.69, 9.17) is 0 Å². The minimum atomic E-state index is -6.32. The van der Waals surface area contributed by atoms with E-state index < -0.39 is 45.7 Å². The van der Waals surface area contributed by atoms with Gasteiger partial charge in [-0.1, -0.05) is 0 Å². The molecule has 0 atom stereocenters. The first-order valence-electron chi connectivity index (χ1n) is 8.43. The van der Waals surface area contributed by atoms with Gasteiger partial charge in [0.2, 0.25) is 0 Å². The standard InChI is InChI=1S/C15H18F6O5S/c16-14(17,18)13(15(19,20)21,6-27(23,24)25)26-12(22)11-9-2-7-1-8(4-9)5-10(11)3-7/h7-11H,1-6H2,(H,23,24,25)/p-1. The molecule has 0 aromatic carbocycles. The van der Waals surface area contributed by atoms with Gasteiger partial charge < -0.3 is 9.29 Å². The Kier molecular flexibility index (Phi) is 4.77. The van der Waals surface area contributed by atoms with Crippen LogP contribution in [0.1, 0.15) is 32.1 Å². The molecule has 12 heteroatoms. The number of halogens is 6. The molecule has 4 saturated carbocycles. The highest BCUT2D eigenvalue weighted by molar-refractivity contribution is 7.85. The van der Waals surface area contributed by atoms with Gasteiger partial charge in [-0.3, -0.25) is 4.79 Å². The number of rotatable bonds is 4. The van der Waals surface area contributed by atoms with Crippen LogP contribution < -0.4 is 0 Å². The van der Waals surface area contributed by atoms with Gasteiger partial charge in [-0.2, -0.15) is 26.3 Å². The maximum absolute atomic E-state index is 13.3. The summed E-state index contributed by atoms with van der Waals surface area (Å²) in [6.45, 7) is 0. The molecule has 0 aliphatic heterocycles. The summed E-state index contributed by atoms with van der Waals surface area (Å²) in [4.78, 5) is 12.4. The number of alkyl halides is 6. The van der Waals surface area contributed by atoms with Gasteiger partial charge in [-0.15, -0.1) is 0 Å². The Morgan fingerprint density at radius 2 is 1.30 bits per heavy atom. The summed E-state index contributed by atoms with van der Waals surface area (Å²) in [7, 11) is -6.01. The maximum atomic E-state index is 13.3. The molecule has 4 aliphatic carbocycles. The maximum Gasteiger partial charge on any atom is 0.438 e. The molecule has 0 unspecified atom stereocenters. The van der Waals surface area contributed by atoms with Gasteiger partial charge in [0, 0.05) is 0 Å². The fraction of sp³-hybridized carbons (Fsp3) is 0.933. The lowest BCUT2D eigenvalue weighted by Crippen LogP contribution is -2.64. The minimum Gasteiger partial charge on any atom is -0.748 e. The molecule has 4 aliphatic rings. The van der Waals surface area contributed by atoms with Crippen LogP contribution in [-0.4, -0.2) is 42.6 Å².